The quantitative estimate of drug-likeness (QED) is 0.540. The van der Waals surface area contributed by atoms with Crippen molar-refractivity contribution in [2.75, 3.05) is 24.2 Å². The van der Waals surface area contributed by atoms with Crippen LogP contribution in [0, 0.1) is 5.92 Å². The maximum atomic E-state index is 12.8. The molecule has 0 unspecified atom stereocenters. The van der Waals surface area contributed by atoms with Crippen molar-refractivity contribution >= 4 is 56.6 Å². The molecule has 30 heavy (non-hydrogen) atoms. The van der Waals surface area contributed by atoms with Crippen LogP contribution < -0.4 is 5.32 Å². The second kappa shape index (κ2) is 10.4. The Labute approximate surface area is 192 Å². The second-order valence-electron chi connectivity index (χ2n) is 7.08. The van der Waals surface area contributed by atoms with Gasteiger partial charge >= 0.3 is 0 Å². The minimum Gasteiger partial charge on any atom is -0.325 e. The number of hydrogen-bond acceptors (Lipinski definition) is 4. The fraction of sp³-hybridized carbons (Fsp3) is 0.381. The number of piperidine rings is 1. The first-order valence-electron chi connectivity index (χ1n) is 9.74. The number of carbonyl (C=O) groups excluding carboxylic acids is 1. The number of rotatable bonds is 7. The predicted octanol–water partition coefficient (Wildman–Crippen LogP) is 5.29. The molecule has 1 heterocycles. The summed E-state index contributed by atoms with van der Waals surface area (Å²) >= 11 is 13.7. The summed E-state index contributed by atoms with van der Waals surface area (Å²) in [6, 6.07) is 12.5. The van der Waals surface area contributed by atoms with Crippen LogP contribution in [0.4, 0.5) is 5.69 Å². The molecule has 0 aliphatic carbocycles. The molecule has 0 aromatic heterocycles. The molecular formula is C21H24Cl2N2O3S2. The number of anilines is 1. The molecule has 1 amide bonds. The first-order chi connectivity index (χ1) is 14.3. The van der Waals surface area contributed by atoms with Crippen LogP contribution in [0.5, 0.6) is 0 Å². The lowest BCUT2D eigenvalue weighted by molar-refractivity contribution is -0.120. The van der Waals surface area contributed by atoms with Crippen LogP contribution in [0.3, 0.4) is 0 Å². The molecule has 0 atom stereocenters. The minimum absolute atomic E-state index is 0.0584. The van der Waals surface area contributed by atoms with Gasteiger partial charge in [-0.1, -0.05) is 48.3 Å². The van der Waals surface area contributed by atoms with Crippen LogP contribution in [-0.4, -0.2) is 37.5 Å². The van der Waals surface area contributed by atoms with E-state index in [2.05, 4.69) is 12.2 Å². The van der Waals surface area contributed by atoms with E-state index in [1.54, 1.807) is 30.0 Å². The number of nitrogens with one attached hydrogen (secondary N) is 1. The fourth-order valence-electron chi connectivity index (χ4n) is 3.41. The van der Waals surface area contributed by atoms with Crippen molar-refractivity contribution in [3.05, 3.63) is 58.1 Å². The fourth-order valence-corrected chi connectivity index (χ4v) is 6.32. The number of para-hydroxylation sites is 1. The van der Waals surface area contributed by atoms with Gasteiger partial charge in [-0.2, -0.15) is 0 Å². The van der Waals surface area contributed by atoms with Gasteiger partial charge in [0.15, 0.2) is 0 Å². The number of benzene rings is 2. The van der Waals surface area contributed by atoms with Crippen LogP contribution in [0.2, 0.25) is 10.0 Å². The molecule has 162 valence electrons. The second-order valence-corrected chi connectivity index (χ2v) is 11.2. The monoisotopic (exact) mass is 486 g/mol. The van der Waals surface area contributed by atoms with Gasteiger partial charge in [0.25, 0.3) is 0 Å². The Morgan fingerprint density at radius 2 is 1.87 bits per heavy atom. The smallest absolute Gasteiger partial charge is 0.227 e. The Morgan fingerprint density at radius 1 is 1.17 bits per heavy atom. The normalized spacial score (nSPS) is 15.8. The maximum Gasteiger partial charge on any atom is 0.227 e. The van der Waals surface area contributed by atoms with Crippen molar-refractivity contribution in [3.8, 4) is 0 Å². The number of amides is 1. The average molecular weight is 487 g/mol. The molecule has 0 spiro atoms. The van der Waals surface area contributed by atoms with E-state index in [-0.39, 0.29) is 17.6 Å². The van der Waals surface area contributed by atoms with E-state index in [1.807, 2.05) is 24.3 Å². The molecule has 9 heteroatoms. The van der Waals surface area contributed by atoms with E-state index in [0.29, 0.717) is 41.5 Å². The highest BCUT2D eigenvalue weighted by Gasteiger charge is 2.31. The lowest BCUT2D eigenvalue weighted by Crippen LogP contribution is -2.41. The summed E-state index contributed by atoms with van der Waals surface area (Å²) < 4.78 is 27.1. The molecule has 1 aliphatic rings. The molecule has 2 aromatic rings. The summed E-state index contributed by atoms with van der Waals surface area (Å²) in [6.45, 7) is 2.70. The van der Waals surface area contributed by atoms with E-state index in [1.165, 1.54) is 4.31 Å². The molecule has 0 radical (unpaired) electrons. The van der Waals surface area contributed by atoms with Gasteiger partial charge in [-0.15, -0.1) is 11.8 Å². The third kappa shape index (κ3) is 5.92. The summed E-state index contributed by atoms with van der Waals surface area (Å²) in [5.41, 5.74) is 1.33. The summed E-state index contributed by atoms with van der Waals surface area (Å²) in [5, 5.41) is 3.82. The third-order valence-corrected chi connectivity index (χ3v) is 8.39. The lowest BCUT2D eigenvalue weighted by Gasteiger charge is -2.30. The van der Waals surface area contributed by atoms with Gasteiger partial charge in [0.1, 0.15) is 0 Å². The van der Waals surface area contributed by atoms with Gasteiger partial charge in [-0.3, -0.25) is 4.79 Å². The van der Waals surface area contributed by atoms with Crippen LogP contribution in [0.1, 0.15) is 25.3 Å². The third-order valence-electron chi connectivity index (χ3n) is 5.02. The Balaban J connectivity index is 1.59. The Morgan fingerprint density at radius 3 is 2.53 bits per heavy atom. The van der Waals surface area contributed by atoms with Gasteiger partial charge in [0, 0.05) is 33.9 Å². The molecule has 3 rings (SSSR count). The Kier molecular flexibility index (Phi) is 8.10. The number of hydrogen-bond donors (Lipinski definition) is 1. The number of sulfonamides is 1. The summed E-state index contributed by atoms with van der Waals surface area (Å²) in [6.07, 6.45) is 0.977. The van der Waals surface area contributed by atoms with Crippen molar-refractivity contribution in [1.82, 2.24) is 4.31 Å². The summed E-state index contributed by atoms with van der Waals surface area (Å²) in [7, 11) is -3.52. The largest absolute Gasteiger partial charge is 0.325 e. The van der Waals surface area contributed by atoms with Crippen molar-refractivity contribution < 1.29 is 13.2 Å². The topological polar surface area (TPSA) is 66.5 Å². The molecular weight excluding hydrogens is 463 g/mol. The Hall–Kier alpha value is -1.25. The zero-order valence-corrected chi connectivity index (χ0v) is 19.8. The molecule has 2 aromatic carbocycles. The number of halogens is 2. The highest BCUT2D eigenvalue weighted by Crippen LogP contribution is 2.29. The molecule has 0 saturated carbocycles. The average Bonchev–Trinajstić information content (AvgIpc) is 2.72. The van der Waals surface area contributed by atoms with E-state index in [0.717, 1.165) is 16.3 Å². The van der Waals surface area contributed by atoms with Gasteiger partial charge in [-0.05, 0) is 48.4 Å². The van der Waals surface area contributed by atoms with Crippen LogP contribution >= 0.6 is 35.0 Å². The molecule has 1 fully saturated rings. The first-order valence-corrected chi connectivity index (χ1v) is 13.1. The van der Waals surface area contributed by atoms with E-state index in [4.69, 9.17) is 23.2 Å². The van der Waals surface area contributed by atoms with Gasteiger partial charge < -0.3 is 5.32 Å². The molecule has 1 N–H and O–H groups in total. The number of nitrogens with zero attached hydrogens (tertiary/aromatic N) is 1. The van der Waals surface area contributed by atoms with Gasteiger partial charge in [-0.25, -0.2) is 12.7 Å². The maximum absolute atomic E-state index is 12.8. The van der Waals surface area contributed by atoms with Crippen molar-refractivity contribution in [1.29, 1.82) is 0 Å². The number of thioether (sulfide) groups is 1. The Bertz CT molecular complexity index is 1010. The van der Waals surface area contributed by atoms with Crippen molar-refractivity contribution in [2.45, 2.75) is 30.4 Å². The van der Waals surface area contributed by atoms with Crippen molar-refractivity contribution in [3.63, 3.8) is 0 Å². The summed E-state index contributed by atoms with van der Waals surface area (Å²) in [5.74, 6) is 0.467. The highest BCUT2D eigenvalue weighted by atomic mass is 35.5. The van der Waals surface area contributed by atoms with E-state index in [9.17, 15) is 13.2 Å². The van der Waals surface area contributed by atoms with Crippen LogP contribution in [0.15, 0.2) is 47.4 Å². The first kappa shape index (κ1) is 23.4. The standard InChI is InChI=1S/C21H24Cl2N2O3S2/c1-2-29-20-6-4-3-5-19(20)24-21(26)15-9-11-25(12-10-15)30(27,28)14-16-7-8-17(22)13-18(16)23/h3-8,13,15H,2,9-12,14H2,1H3,(H,24,26). The van der Waals surface area contributed by atoms with E-state index >= 15 is 0 Å². The summed E-state index contributed by atoms with van der Waals surface area (Å²) in [4.78, 5) is 13.8. The van der Waals surface area contributed by atoms with Gasteiger partial charge in [0.2, 0.25) is 15.9 Å². The van der Waals surface area contributed by atoms with Gasteiger partial charge in [0.05, 0.1) is 11.4 Å². The SMILES string of the molecule is CCSc1ccccc1NC(=O)C1CCN(S(=O)(=O)Cc2ccc(Cl)cc2Cl)CC1. The van der Waals surface area contributed by atoms with Crippen molar-refractivity contribution in [2.24, 2.45) is 5.92 Å². The van der Waals surface area contributed by atoms with Crippen LogP contribution in [0.25, 0.3) is 0 Å². The molecule has 1 saturated heterocycles. The zero-order valence-electron chi connectivity index (χ0n) is 16.6. The minimum atomic E-state index is -3.52. The lowest BCUT2D eigenvalue weighted by atomic mass is 9.97. The highest BCUT2D eigenvalue weighted by molar-refractivity contribution is 7.99. The number of carbonyl (C=O) groups is 1. The van der Waals surface area contributed by atoms with E-state index < -0.39 is 10.0 Å². The van der Waals surface area contributed by atoms with Crippen LogP contribution in [-0.2, 0) is 20.6 Å². The predicted molar refractivity (Wildman–Crippen MR) is 125 cm³/mol. The zero-order chi connectivity index (χ0) is 21.7. The molecule has 0 bridgehead atoms. The molecule has 1 aliphatic heterocycles. The molecule has 5 nitrogen and oxygen atoms in total.